The SMILES string of the molecule is O=Cc1ccc(OCCN2CCc3ccccc3C2)cc1. The summed E-state index contributed by atoms with van der Waals surface area (Å²) in [6.45, 7) is 3.68. The van der Waals surface area contributed by atoms with Crippen LogP contribution in [0.15, 0.2) is 48.5 Å². The third-order valence-electron chi connectivity index (χ3n) is 3.90. The van der Waals surface area contributed by atoms with Crippen LogP contribution in [-0.2, 0) is 13.0 Å². The van der Waals surface area contributed by atoms with Gasteiger partial charge in [0.15, 0.2) is 0 Å². The molecule has 1 aliphatic heterocycles. The van der Waals surface area contributed by atoms with Crippen molar-refractivity contribution in [2.45, 2.75) is 13.0 Å². The maximum Gasteiger partial charge on any atom is 0.150 e. The van der Waals surface area contributed by atoms with Crippen LogP contribution in [0.2, 0.25) is 0 Å². The van der Waals surface area contributed by atoms with Crippen molar-refractivity contribution in [2.75, 3.05) is 19.7 Å². The summed E-state index contributed by atoms with van der Waals surface area (Å²) >= 11 is 0. The van der Waals surface area contributed by atoms with Crippen molar-refractivity contribution in [3.05, 3.63) is 65.2 Å². The molecule has 2 aromatic rings. The minimum Gasteiger partial charge on any atom is -0.492 e. The fraction of sp³-hybridized carbons (Fsp3) is 0.278. The van der Waals surface area contributed by atoms with E-state index in [1.807, 2.05) is 12.1 Å². The average molecular weight is 281 g/mol. The molecule has 0 N–H and O–H groups in total. The molecule has 3 nitrogen and oxygen atoms in total. The molecule has 0 aliphatic carbocycles. The molecule has 2 aromatic carbocycles. The number of aldehydes is 1. The van der Waals surface area contributed by atoms with E-state index in [0.717, 1.165) is 38.1 Å². The van der Waals surface area contributed by atoms with E-state index in [9.17, 15) is 4.79 Å². The molecule has 0 saturated heterocycles. The molecule has 0 atom stereocenters. The predicted molar refractivity (Wildman–Crippen MR) is 82.7 cm³/mol. The predicted octanol–water partition coefficient (Wildman–Crippen LogP) is 2.94. The molecule has 0 radical (unpaired) electrons. The Morgan fingerprint density at radius 1 is 1.05 bits per heavy atom. The molecular formula is C18H19NO2. The van der Waals surface area contributed by atoms with Crippen molar-refractivity contribution in [3.63, 3.8) is 0 Å². The summed E-state index contributed by atoms with van der Waals surface area (Å²) in [7, 11) is 0. The number of benzene rings is 2. The van der Waals surface area contributed by atoms with Gasteiger partial charge in [-0.1, -0.05) is 24.3 Å². The normalized spacial score (nSPS) is 14.5. The van der Waals surface area contributed by atoms with Gasteiger partial charge in [0.25, 0.3) is 0 Å². The number of hydrogen-bond acceptors (Lipinski definition) is 3. The van der Waals surface area contributed by atoms with Gasteiger partial charge in [0, 0.05) is 25.2 Å². The fourth-order valence-electron chi connectivity index (χ4n) is 2.68. The van der Waals surface area contributed by atoms with Gasteiger partial charge in [0.2, 0.25) is 0 Å². The molecule has 0 saturated carbocycles. The Morgan fingerprint density at radius 3 is 2.57 bits per heavy atom. The highest BCUT2D eigenvalue weighted by atomic mass is 16.5. The number of ether oxygens (including phenoxy) is 1. The summed E-state index contributed by atoms with van der Waals surface area (Å²) in [5, 5.41) is 0. The van der Waals surface area contributed by atoms with Crippen LogP contribution >= 0.6 is 0 Å². The first-order valence-corrected chi connectivity index (χ1v) is 7.32. The standard InChI is InChI=1S/C18H19NO2/c20-14-15-5-7-18(8-6-15)21-12-11-19-10-9-16-3-1-2-4-17(16)13-19/h1-8,14H,9-13H2. The lowest BCUT2D eigenvalue weighted by molar-refractivity contribution is 0.112. The lowest BCUT2D eigenvalue weighted by Crippen LogP contribution is -2.33. The number of hydrogen-bond donors (Lipinski definition) is 0. The van der Waals surface area contributed by atoms with Crippen LogP contribution in [0.1, 0.15) is 21.5 Å². The number of fused-ring (bicyclic) bond motifs is 1. The second-order valence-electron chi connectivity index (χ2n) is 5.33. The Balaban J connectivity index is 1.49. The van der Waals surface area contributed by atoms with Gasteiger partial charge >= 0.3 is 0 Å². The van der Waals surface area contributed by atoms with Crippen molar-refractivity contribution in [2.24, 2.45) is 0 Å². The Morgan fingerprint density at radius 2 is 1.81 bits per heavy atom. The Bertz CT molecular complexity index is 607. The van der Waals surface area contributed by atoms with E-state index in [2.05, 4.69) is 29.2 Å². The first kappa shape index (κ1) is 13.8. The molecule has 1 heterocycles. The quantitative estimate of drug-likeness (QED) is 0.789. The monoisotopic (exact) mass is 281 g/mol. The summed E-state index contributed by atoms with van der Waals surface area (Å²) in [6, 6.07) is 15.9. The molecule has 0 unspecified atom stereocenters. The van der Waals surface area contributed by atoms with Gasteiger partial charge < -0.3 is 4.74 Å². The minimum atomic E-state index is 0.669. The number of carbonyl (C=O) groups excluding carboxylic acids is 1. The van der Waals surface area contributed by atoms with E-state index >= 15 is 0 Å². The molecule has 108 valence electrons. The van der Waals surface area contributed by atoms with Crippen LogP contribution in [0, 0.1) is 0 Å². The molecule has 3 rings (SSSR count). The second-order valence-corrected chi connectivity index (χ2v) is 5.33. The van der Waals surface area contributed by atoms with Crippen molar-refractivity contribution in [1.82, 2.24) is 4.90 Å². The molecule has 3 heteroatoms. The highest BCUT2D eigenvalue weighted by molar-refractivity contribution is 5.74. The molecule has 0 fully saturated rings. The molecular weight excluding hydrogens is 262 g/mol. The van der Waals surface area contributed by atoms with Crippen molar-refractivity contribution in [3.8, 4) is 5.75 Å². The van der Waals surface area contributed by atoms with Crippen molar-refractivity contribution < 1.29 is 9.53 Å². The van der Waals surface area contributed by atoms with E-state index in [4.69, 9.17) is 4.74 Å². The van der Waals surface area contributed by atoms with Gasteiger partial charge in [-0.15, -0.1) is 0 Å². The van der Waals surface area contributed by atoms with Gasteiger partial charge in [-0.2, -0.15) is 0 Å². The third kappa shape index (κ3) is 3.50. The smallest absolute Gasteiger partial charge is 0.150 e. The number of carbonyl (C=O) groups is 1. The highest BCUT2D eigenvalue weighted by Gasteiger charge is 2.15. The lowest BCUT2D eigenvalue weighted by atomic mass is 10.0. The third-order valence-corrected chi connectivity index (χ3v) is 3.90. The Kier molecular flexibility index (Phi) is 4.31. The van der Waals surface area contributed by atoms with Gasteiger partial charge in [-0.3, -0.25) is 9.69 Å². The summed E-state index contributed by atoms with van der Waals surface area (Å²) in [6.07, 6.45) is 1.96. The molecule has 0 bridgehead atoms. The second kappa shape index (κ2) is 6.55. The van der Waals surface area contributed by atoms with Gasteiger partial charge in [0.1, 0.15) is 18.6 Å². The van der Waals surface area contributed by atoms with Crippen LogP contribution in [0.5, 0.6) is 5.75 Å². The van der Waals surface area contributed by atoms with E-state index in [0.29, 0.717) is 12.2 Å². The molecule has 21 heavy (non-hydrogen) atoms. The topological polar surface area (TPSA) is 29.5 Å². The molecule has 0 amide bonds. The van der Waals surface area contributed by atoms with Crippen LogP contribution in [0.4, 0.5) is 0 Å². The van der Waals surface area contributed by atoms with Gasteiger partial charge in [-0.25, -0.2) is 0 Å². The first-order valence-electron chi connectivity index (χ1n) is 7.32. The minimum absolute atomic E-state index is 0.669. The first-order chi connectivity index (χ1) is 10.3. The lowest BCUT2D eigenvalue weighted by Gasteiger charge is -2.28. The highest BCUT2D eigenvalue weighted by Crippen LogP contribution is 2.18. The molecule has 0 spiro atoms. The van der Waals surface area contributed by atoms with Crippen molar-refractivity contribution in [1.29, 1.82) is 0 Å². The van der Waals surface area contributed by atoms with E-state index < -0.39 is 0 Å². The maximum atomic E-state index is 10.6. The van der Waals surface area contributed by atoms with E-state index in [1.54, 1.807) is 12.1 Å². The van der Waals surface area contributed by atoms with Crippen LogP contribution in [0.3, 0.4) is 0 Å². The molecule has 1 aliphatic rings. The zero-order chi connectivity index (χ0) is 14.5. The van der Waals surface area contributed by atoms with Gasteiger partial charge in [-0.05, 0) is 41.8 Å². The fourth-order valence-corrected chi connectivity index (χ4v) is 2.68. The van der Waals surface area contributed by atoms with Crippen LogP contribution < -0.4 is 4.74 Å². The number of rotatable bonds is 5. The van der Waals surface area contributed by atoms with E-state index in [-0.39, 0.29) is 0 Å². The summed E-state index contributed by atoms with van der Waals surface area (Å²) in [5.41, 5.74) is 3.58. The van der Waals surface area contributed by atoms with Gasteiger partial charge in [0.05, 0.1) is 0 Å². The molecule has 0 aromatic heterocycles. The zero-order valence-electron chi connectivity index (χ0n) is 12.0. The maximum absolute atomic E-state index is 10.6. The summed E-state index contributed by atoms with van der Waals surface area (Å²) in [4.78, 5) is 13.0. The van der Waals surface area contributed by atoms with Crippen LogP contribution in [0.25, 0.3) is 0 Å². The Hall–Kier alpha value is -2.13. The van der Waals surface area contributed by atoms with Crippen LogP contribution in [-0.4, -0.2) is 30.9 Å². The zero-order valence-corrected chi connectivity index (χ0v) is 12.0. The summed E-state index contributed by atoms with van der Waals surface area (Å²) < 4.78 is 5.74. The Labute approximate surface area is 125 Å². The van der Waals surface area contributed by atoms with E-state index in [1.165, 1.54) is 11.1 Å². The largest absolute Gasteiger partial charge is 0.492 e. The number of nitrogens with zero attached hydrogens (tertiary/aromatic N) is 1. The summed E-state index contributed by atoms with van der Waals surface area (Å²) in [5.74, 6) is 0.818. The van der Waals surface area contributed by atoms with Crippen molar-refractivity contribution >= 4 is 6.29 Å². The average Bonchev–Trinajstić information content (AvgIpc) is 2.55.